The smallest absolute Gasteiger partial charge is 0.0505 e. The van der Waals surface area contributed by atoms with E-state index in [1.807, 2.05) is 5.01 Å². The number of nitrogens with zero attached hydrogens (tertiary/aromatic N) is 4. The van der Waals surface area contributed by atoms with E-state index in [0.29, 0.717) is 0 Å². The zero-order valence-corrected chi connectivity index (χ0v) is 6.90. The van der Waals surface area contributed by atoms with E-state index < -0.39 is 0 Å². The van der Waals surface area contributed by atoms with Gasteiger partial charge in [-0.2, -0.15) is 0 Å². The van der Waals surface area contributed by atoms with Crippen LogP contribution in [-0.2, 0) is 0 Å². The molecule has 4 nitrogen and oxygen atoms in total. The van der Waals surface area contributed by atoms with Crippen LogP contribution in [0.4, 0.5) is 0 Å². The quantitative estimate of drug-likeness (QED) is 0.549. The topological polar surface area (TPSA) is 31.2 Å². The van der Waals surface area contributed by atoms with E-state index in [1.165, 1.54) is 6.20 Å². The molecule has 11 heavy (non-hydrogen) atoms. The predicted molar refractivity (Wildman–Crippen MR) is 44.1 cm³/mol. The van der Waals surface area contributed by atoms with Crippen LogP contribution >= 0.6 is 0 Å². The molecule has 0 radical (unpaired) electrons. The second kappa shape index (κ2) is 4.08. The number of hydrogen-bond acceptors (Lipinski definition) is 3. The number of piperazine rings is 1. The van der Waals surface area contributed by atoms with E-state index in [0.717, 1.165) is 26.2 Å². The standard InChI is InChI=1S/C7H14N4/c1-3-8-9-11-6-4-10(2)5-7-11/h3H,1,4-7H2,2H3. The summed E-state index contributed by atoms with van der Waals surface area (Å²) >= 11 is 0. The Balaban J connectivity index is 2.27. The minimum Gasteiger partial charge on any atom is -0.303 e. The summed E-state index contributed by atoms with van der Waals surface area (Å²) in [5.41, 5.74) is 0. The number of hydrogen-bond donors (Lipinski definition) is 0. The van der Waals surface area contributed by atoms with Crippen molar-refractivity contribution in [2.75, 3.05) is 33.2 Å². The molecule has 62 valence electrons. The number of likely N-dealkylation sites (N-methyl/N-ethyl adjacent to an activating group) is 1. The molecule has 0 atom stereocenters. The summed E-state index contributed by atoms with van der Waals surface area (Å²) in [7, 11) is 2.11. The average Bonchev–Trinajstić information content (AvgIpc) is 2.04. The summed E-state index contributed by atoms with van der Waals surface area (Å²) in [6, 6.07) is 0. The molecule has 0 N–H and O–H groups in total. The maximum absolute atomic E-state index is 3.95. The zero-order chi connectivity index (χ0) is 8.10. The van der Waals surface area contributed by atoms with Gasteiger partial charge in [0.2, 0.25) is 0 Å². The van der Waals surface area contributed by atoms with Crippen LogP contribution in [0.5, 0.6) is 0 Å². The number of rotatable bonds is 2. The van der Waals surface area contributed by atoms with Crippen molar-refractivity contribution in [3.05, 3.63) is 12.8 Å². The monoisotopic (exact) mass is 154 g/mol. The molecule has 1 aliphatic rings. The summed E-state index contributed by atoms with van der Waals surface area (Å²) < 4.78 is 0. The third-order valence-corrected chi connectivity index (χ3v) is 1.74. The van der Waals surface area contributed by atoms with Gasteiger partial charge < -0.3 is 4.90 Å². The van der Waals surface area contributed by atoms with Crippen molar-refractivity contribution < 1.29 is 0 Å². The highest BCUT2D eigenvalue weighted by Gasteiger charge is 2.10. The maximum Gasteiger partial charge on any atom is 0.0505 e. The van der Waals surface area contributed by atoms with Gasteiger partial charge in [0.15, 0.2) is 0 Å². The molecule has 0 aromatic heterocycles. The molecule has 0 bridgehead atoms. The normalized spacial score (nSPS) is 21.0. The Bertz CT molecular complexity index is 147. The van der Waals surface area contributed by atoms with Crippen molar-refractivity contribution in [3.8, 4) is 0 Å². The van der Waals surface area contributed by atoms with Crippen molar-refractivity contribution in [3.63, 3.8) is 0 Å². The van der Waals surface area contributed by atoms with Gasteiger partial charge in [-0.3, -0.25) is 5.01 Å². The molecule has 0 aliphatic carbocycles. The van der Waals surface area contributed by atoms with Crippen LogP contribution in [0.2, 0.25) is 0 Å². The highest BCUT2D eigenvalue weighted by molar-refractivity contribution is 4.66. The lowest BCUT2D eigenvalue weighted by molar-refractivity contribution is 0.150. The Morgan fingerprint density at radius 2 is 1.91 bits per heavy atom. The van der Waals surface area contributed by atoms with Crippen molar-refractivity contribution in [1.82, 2.24) is 9.91 Å². The largest absolute Gasteiger partial charge is 0.303 e. The summed E-state index contributed by atoms with van der Waals surface area (Å²) in [5, 5.41) is 9.63. The molecule has 0 aromatic rings. The highest BCUT2D eigenvalue weighted by atomic mass is 15.6. The predicted octanol–water partition coefficient (Wildman–Crippen LogP) is 0.745. The molecule has 4 heteroatoms. The lowest BCUT2D eigenvalue weighted by atomic mass is 10.4. The molecule has 1 aliphatic heterocycles. The second-order valence-corrected chi connectivity index (χ2v) is 2.64. The minimum absolute atomic E-state index is 0.966. The van der Waals surface area contributed by atoms with Gasteiger partial charge in [0.25, 0.3) is 0 Å². The molecule has 1 heterocycles. The lowest BCUT2D eigenvalue weighted by Crippen LogP contribution is -2.41. The Hall–Kier alpha value is -0.900. The Kier molecular flexibility index (Phi) is 3.04. The first-order chi connectivity index (χ1) is 5.33. The van der Waals surface area contributed by atoms with Crippen molar-refractivity contribution in [2.45, 2.75) is 0 Å². The van der Waals surface area contributed by atoms with E-state index in [-0.39, 0.29) is 0 Å². The van der Waals surface area contributed by atoms with Crippen LogP contribution in [0.25, 0.3) is 0 Å². The SMILES string of the molecule is C=CN=NN1CCN(C)CC1. The lowest BCUT2D eigenvalue weighted by Gasteiger charge is -2.28. The van der Waals surface area contributed by atoms with E-state index in [9.17, 15) is 0 Å². The summed E-state index contributed by atoms with van der Waals surface area (Å²) in [6.45, 7) is 7.53. The van der Waals surface area contributed by atoms with Gasteiger partial charge in [-0.15, -0.1) is 5.11 Å². The summed E-state index contributed by atoms with van der Waals surface area (Å²) in [5.74, 6) is 0. The molecule has 1 rings (SSSR count). The van der Waals surface area contributed by atoms with E-state index in [2.05, 4.69) is 28.9 Å². The van der Waals surface area contributed by atoms with Gasteiger partial charge in [-0.05, 0) is 7.05 Å². The van der Waals surface area contributed by atoms with Gasteiger partial charge >= 0.3 is 0 Å². The molecule has 0 spiro atoms. The third-order valence-electron chi connectivity index (χ3n) is 1.74. The first-order valence-electron chi connectivity index (χ1n) is 3.78. The first-order valence-corrected chi connectivity index (χ1v) is 3.78. The second-order valence-electron chi connectivity index (χ2n) is 2.64. The van der Waals surface area contributed by atoms with Crippen LogP contribution in [0, 0.1) is 0 Å². The Morgan fingerprint density at radius 1 is 1.27 bits per heavy atom. The Morgan fingerprint density at radius 3 is 2.45 bits per heavy atom. The molecule has 0 aromatic carbocycles. The van der Waals surface area contributed by atoms with Crippen molar-refractivity contribution in [2.24, 2.45) is 10.3 Å². The van der Waals surface area contributed by atoms with Gasteiger partial charge in [0, 0.05) is 19.3 Å². The zero-order valence-electron chi connectivity index (χ0n) is 6.90. The van der Waals surface area contributed by atoms with Gasteiger partial charge in [0.05, 0.1) is 13.1 Å². The first kappa shape index (κ1) is 8.20. The van der Waals surface area contributed by atoms with Crippen molar-refractivity contribution >= 4 is 0 Å². The van der Waals surface area contributed by atoms with Crippen molar-refractivity contribution in [1.29, 1.82) is 0 Å². The average molecular weight is 154 g/mol. The molecule has 1 saturated heterocycles. The fraction of sp³-hybridized carbons (Fsp3) is 0.714. The highest BCUT2D eigenvalue weighted by Crippen LogP contribution is 1.99. The molecule has 0 unspecified atom stereocenters. The van der Waals surface area contributed by atoms with E-state index in [1.54, 1.807) is 0 Å². The summed E-state index contributed by atoms with van der Waals surface area (Å²) in [6.07, 6.45) is 1.46. The van der Waals surface area contributed by atoms with Crippen LogP contribution in [-0.4, -0.2) is 43.1 Å². The Labute approximate surface area is 67.2 Å². The van der Waals surface area contributed by atoms with Gasteiger partial charge in [-0.25, -0.2) is 0 Å². The molecule has 0 amide bonds. The van der Waals surface area contributed by atoms with Crippen LogP contribution in [0.15, 0.2) is 23.1 Å². The molecule has 0 saturated carbocycles. The third kappa shape index (κ3) is 2.67. The van der Waals surface area contributed by atoms with E-state index in [4.69, 9.17) is 0 Å². The minimum atomic E-state index is 0.966. The fourth-order valence-electron chi connectivity index (χ4n) is 0.995. The van der Waals surface area contributed by atoms with Crippen LogP contribution in [0.1, 0.15) is 0 Å². The maximum atomic E-state index is 3.95. The van der Waals surface area contributed by atoms with Gasteiger partial charge in [-0.1, -0.05) is 11.8 Å². The summed E-state index contributed by atoms with van der Waals surface area (Å²) in [4.78, 5) is 2.28. The van der Waals surface area contributed by atoms with Gasteiger partial charge in [0.1, 0.15) is 0 Å². The van der Waals surface area contributed by atoms with Crippen LogP contribution in [0.3, 0.4) is 0 Å². The molecular weight excluding hydrogens is 140 g/mol. The molecule has 1 fully saturated rings. The molecular formula is C7H14N4. The van der Waals surface area contributed by atoms with E-state index >= 15 is 0 Å². The van der Waals surface area contributed by atoms with Crippen LogP contribution < -0.4 is 0 Å². The fourth-order valence-corrected chi connectivity index (χ4v) is 0.995.